The number of aliphatic imine (C=N–C) groups is 1. The van der Waals surface area contributed by atoms with Crippen LogP contribution in [-0.4, -0.2) is 49.4 Å². The maximum Gasteiger partial charge on any atom is 0.251 e. The van der Waals surface area contributed by atoms with Crippen molar-refractivity contribution in [2.45, 2.75) is 38.0 Å². The molecule has 2 heterocycles. The van der Waals surface area contributed by atoms with Crippen LogP contribution in [0.2, 0.25) is 0 Å². The van der Waals surface area contributed by atoms with E-state index in [9.17, 15) is 13.2 Å². The topological polar surface area (TPSA) is 76.0 Å². The van der Waals surface area contributed by atoms with Crippen molar-refractivity contribution in [3.05, 3.63) is 24.3 Å². The van der Waals surface area contributed by atoms with Gasteiger partial charge in [0, 0.05) is 22.9 Å². The molecule has 0 aromatic heterocycles. The van der Waals surface area contributed by atoms with E-state index in [4.69, 9.17) is 4.74 Å². The molecule has 2 aliphatic rings. The number of carbonyl (C=O) groups is 1. The van der Waals surface area contributed by atoms with Crippen molar-refractivity contribution < 1.29 is 17.9 Å². The molecule has 0 spiro atoms. The molecular weight excluding hydrogens is 372 g/mol. The van der Waals surface area contributed by atoms with E-state index in [2.05, 4.69) is 4.99 Å². The van der Waals surface area contributed by atoms with Crippen molar-refractivity contribution in [3.63, 3.8) is 0 Å². The molecule has 0 bridgehead atoms. The number of nitrogens with zero attached hydrogens (tertiary/aromatic N) is 2. The van der Waals surface area contributed by atoms with Gasteiger partial charge in [0.15, 0.2) is 15.0 Å². The number of thioether (sulfide) groups is 1. The third-order valence-electron chi connectivity index (χ3n) is 4.94. The average Bonchev–Trinajstić information content (AvgIpc) is 3.06. The van der Waals surface area contributed by atoms with Gasteiger partial charge in [-0.25, -0.2) is 8.42 Å². The fourth-order valence-electron chi connectivity index (χ4n) is 3.45. The van der Waals surface area contributed by atoms with Crippen LogP contribution in [0, 0.1) is 5.92 Å². The largest absolute Gasteiger partial charge is 0.497 e. The standard InChI is InChI=1S/C18H24N2O4S2/c1-4-12(5-2)17(21)19-18-20(13-7-6-8-14(9-13)24-3)15-10-26(22,23)11-16(15)25-18/h6-9,12,15-16H,4-5,10-11H2,1-3H3/t15-,16-/m0/s1. The molecule has 0 aliphatic carbocycles. The van der Waals surface area contributed by atoms with E-state index in [1.54, 1.807) is 7.11 Å². The summed E-state index contributed by atoms with van der Waals surface area (Å²) in [7, 11) is -1.48. The van der Waals surface area contributed by atoms with Gasteiger partial charge in [-0.15, -0.1) is 0 Å². The Morgan fingerprint density at radius 1 is 1.35 bits per heavy atom. The quantitative estimate of drug-likeness (QED) is 0.762. The molecule has 0 N–H and O–H groups in total. The van der Waals surface area contributed by atoms with Crippen LogP contribution in [-0.2, 0) is 14.6 Å². The molecule has 6 nitrogen and oxygen atoms in total. The van der Waals surface area contributed by atoms with Crippen LogP contribution < -0.4 is 9.64 Å². The fourth-order valence-corrected chi connectivity index (χ4v) is 7.37. The molecule has 2 aliphatic heterocycles. The number of fused-ring (bicyclic) bond motifs is 1. The van der Waals surface area contributed by atoms with E-state index < -0.39 is 9.84 Å². The van der Waals surface area contributed by atoms with Crippen LogP contribution in [0.4, 0.5) is 5.69 Å². The van der Waals surface area contributed by atoms with Crippen LogP contribution >= 0.6 is 11.8 Å². The number of amidine groups is 1. The van der Waals surface area contributed by atoms with E-state index in [0.717, 1.165) is 18.5 Å². The van der Waals surface area contributed by atoms with Crippen molar-refractivity contribution in [2.75, 3.05) is 23.5 Å². The van der Waals surface area contributed by atoms with Gasteiger partial charge in [-0.05, 0) is 25.0 Å². The molecular formula is C18H24N2O4S2. The number of rotatable bonds is 5. The lowest BCUT2D eigenvalue weighted by Crippen LogP contribution is -2.37. The summed E-state index contributed by atoms with van der Waals surface area (Å²) in [5.41, 5.74) is 0.803. The zero-order valence-electron chi connectivity index (χ0n) is 15.2. The van der Waals surface area contributed by atoms with Gasteiger partial charge in [0.1, 0.15) is 5.75 Å². The van der Waals surface area contributed by atoms with Crippen LogP contribution in [0.25, 0.3) is 0 Å². The molecule has 1 amide bonds. The lowest BCUT2D eigenvalue weighted by molar-refractivity contribution is -0.121. The van der Waals surface area contributed by atoms with E-state index in [1.165, 1.54) is 11.8 Å². The zero-order valence-corrected chi connectivity index (χ0v) is 16.8. The Morgan fingerprint density at radius 2 is 2.08 bits per heavy atom. The predicted octanol–water partition coefficient (Wildman–Crippen LogP) is 2.73. The summed E-state index contributed by atoms with van der Waals surface area (Å²) in [5, 5.41) is 0.500. The Hall–Kier alpha value is -1.54. The van der Waals surface area contributed by atoms with E-state index in [-0.39, 0.29) is 34.6 Å². The minimum atomic E-state index is -3.07. The highest BCUT2D eigenvalue weighted by Crippen LogP contribution is 2.41. The minimum absolute atomic E-state index is 0.0834. The lowest BCUT2D eigenvalue weighted by atomic mass is 10.0. The summed E-state index contributed by atoms with van der Waals surface area (Å²) >= 11 is 1.40. The molecule has 0 saturated carbocycles. The second-order valence-electron chi connectivity index (χ2n) is 6.62. The molecule has 2 atom stereocenters. The first-order valence-corrected chi connectivity index (χ1v) is 11.5. The Bertz CT molecular complexity index is 818. The summed E-state index contributed by atoms with van der Waals surface area (Å²) in [4.78, 5) is 18.8. The first-order valence-electron chi connectivity index (χ1n) is 8.81. The summed E-state index contributed by atoms with van der Waals surface area (Å²) in [5.74, 6) is 0.663. The van der Waals surface area contributed by atoms with Crippen LogP contribution in [0.1, 0.15) is 26.7 Å². The molecule has 1 aromatic rings. The van der Waals surface area contributed by atoms with Crippen molar-refractivity contribution in [1.82, 2.24) is 0 Å². The molecule has 3 rings (SSSR count). The van der Waals surface area contributed by atoms with Gasteiger partial charge in [0.05, 0.1) is 24.7 Å². The number of sulfone groups is 1. The molecule has 2 saturated heterocycles. The Kier molecular flexibility index (Phi) is 5.62. The first-order chi connectivity index (χ1) is 12.4. The number of hydrogen-bond acceptors (Lipinski definition) is 5. The van der Waals surface area contributed by atoms with Crippen molar-refractivity contribution in [3.8, 4) is 5.75 Å². The number of hydrogen-bond donors (Lipinski definition) is 0. The van der Waals surface area contributed by atoms with Gasteiger partial charge in [0.25, 0.3) is 5.91 Å². The van der Waals surface area contributed by atoms with Gasteiger partial charge in [0.2, 0.25) is 0 Å². The van der Waals surface area contributed by atoms with Gasteiger partial charge in [-0.3, -0.25) is 4.79 Å². The second-order valence-corrected chi connectivity index (χ2v) is 9.98. The van der Waals surface area contributed by atoms with Crippen molar-refractivity contribution >= 4 is 38.4 Å². The number of carbonyl (C=O) groups excluding carboxylic acids is 1. The van der Waals surface area contributed by atoms with Gasteiger partial charge in [-0.1, -0.05) is 31.7 Å². The molecule has 8 heteroatoms. The molecule has 142 valence electrons. The zero-order chi connectivity index (χ0) is 18.9. The Balaban J connectivity index is 1.99. The number of methoxy groups -OCH3 is 1. The number of ether oxygens (including phenoxy) is 1. The summed E-state index contributed by atoms with van der Waals surface area (Å²) < 4.78 is 29.5. The highest BCUT2D eigenvalue weighted by Gasteiger charge is 2.49. The number of anilines is 1. The van der Waals surface area contributed by atoms with Gasteiger partial charge < -0.3 is 9.64 Å². The van der Waals surface area contributed by atoms with E-state index in [0.29, 0.717) is 10.9 Å². The smallest absolute Gasteiger partial charge is 0.251 e. The maximum absolute atomic E-state index is 12.5. The fraction of sp³-hybridized carbons (Fsp3) is 0.556. The van der Waals surface area contributed by atoms with Crippen LogP contribution in [0.3, 0.4) is 0 Å². The number of amides is 1. The molecule has 26 heavy (non-hydrogen) atoms. The van der Waals surface area contributed by atoms with E-state index in [1.807, 2.05) is 43.0 Å². The molecule has 0 radical (unpaired) electrons. The highest BCUT2D eigenvalue weighted by atomic mass is 32.2. The summed E-state index contributed by atoms with van der Waals surface area (Å²) in [6.07, 6.45) is 1.49. The normalized spacial score (nSPS) is 25.7. The molecule has 1 aromatic carbocycles. The van der Waals surface area contributed by atoms with Gasteiger partial charge >= 0.3 is 0 Å². The SMILES string of the molecule is CCC(CC)C(=O)N=C1S[C@H]2CS(=O)(=O)C[C@@H]2N1c1cccc(OC)c1. The molecule has 2 fully saturated rings. The average molecular weight is 397 g/mol. The maximum atomic E-state index is 12.5. The minimum Gasteiger partial charge on any atom is -0.497 e. The lowest BCUT2D eigenvalue weighted by Gasteiger charge is -2.25. The van der Waals surface area contributed by atoms with Crippen molar-refractivity contribution in [2.24, 2.45) is 10.9 Å². The van der Waals surface area contributed by atoms with Crippen molar-refractivity contribution in [1.29, 1.82) is 0 Å². The highest BCUT2D eigenvalue weighted by molar-refractivity contribution is 8.16. The summed E-state index contributed by atoms with van der Waals surface area (Å²) in [6.45, 7) is 3.96. The third-order valence-corrected chi connectivity index (χ3v) is 8.15. The summed E-state index contributed by atoms with van der Waals surface area (Å²) in [6, 6.07) is 7.24. The van der Waals surface area contributed by atoms with Crippen LogP contribution in [0.5, 0.6) is 5.75 Å². The molecule has 0 unspecified atom stereocenters. The van der Waals surface area contributed by atoms with Gasteiger partial charge in [-0.2, -0.15) is 4.99 Å². The third kappa shape index (κ3) is 3.76. The first kappa shape index (κ1) is 19.2. The van der Waals surface area contributed by atoms with Crippen LogP contribution in [0.15, 0.2) is 29.3 Å². The second kappa shape index (κ2) is 7.60. The monoisotopic (exact) mass is 396 g/mol. The van der Waals surface area contributed by atoms with E-state index >= 15 is 0 Å². The Morgan fingerprint density at radius 3 is 2.73 bits per heavy atom. The number of benzene rings is 1. The Labute approximate surface area is 158 Å². The predicted molar refractivity (Wildman–Crippen MR) is 106 cm³/mol.